The third kappa shape index (κ3) is 9.57. The summed E-state index contributed by atoms with van der Waals surface area (Å²) < 4.78 is 33.8. The minimum atomic E-state index is -0.611. The first-order valence-electron chi connectivity index (χ1n) is 10.5. The van der Waals surface area contributed by atoms with E-state index >= 15 is 0 Å². The van der Waals surface area contributed by atoms with Gasteiger partial charge < -0.3 is 28.4 Å². The molecule has 0 amide bonds. The van der Waals surface area contributed by atoms with Crippen LogP contribution < -0.4 is 0 Å². The standard InChI is InChI=1S/C24H36O6/c1-20-16-22(30-23(2,3)29-20)12-9-13-24(4,28-18-25-5)14-15-26-19-27-17-21-10-7-6-8-11-21/h6-8,10-11,20,22H,13-19H2,1-5H3/t20-,22-,24+/m1/s1. The number of rotatable bonds is 11. The fraction of sp³-hybridized carbons (Fsp3) is 0.667. The lowest BCUT2D eigenvalue weighted by molar-refractivity contribution is -0.284. The number of hydrogen-bond donors (Lipinski definition) is 0. The number of ether oxygens (including phenoxy) is 6. The quantitative estimate of drug-likeness (QED) is 0.303. The molecule has 0 bridgehead atoms. The number of methoxy groups -OCH3 is 1. The lowest BCUT2D eigenvalue weighted by Crippen LogP contribution is -2.43. The predicted octanol–water partition coefficient (Wildman–Crippen LogP) is 4.27. The van der Waals surface area contributed by atoms with Crippen LogP contribution >= 0.6 is 0 Å². The molecular weight excluding hydrogens is 384 g/mol. The first kappa shape index (κ1) is 24.8. The third-order valence-corrected chi connectivity index (χ3v) is 4.76. The lowest BCUT2D eigenvalue weighted by Gasteiger charge is -2.37. The summed E-state index contributed by atoms with van der Waals surface area (Å²) in [5.74, 6) is 5.86. The normalized spacial score (nSPS) is 22.7. The van der Waals surface area contributed by atoms with Crippen molar-refractivity contribution in [3.8, 4) is 11.8 Å². The van der Waals surface area contributed by atoms with Crippen LogP contribution in [0.4, 0.5) is 0 Å². The Hall–Kier alpha value is -1.46. The van der Waals surface area contributed by atoms with Crippen molar-refractivity contribution in [2.45, 2.75) is 77.2 Å². The van der Waals surface area contributed by atoms with Gasteiger partial charge in [-0.1, -0.05) is 42.2 Å². The van der Waals surface area contributed by atoms with Crippen LogP contribution in [0.5, 0.6) is 0 Å². The first-order chi connectivity index (χ1) is 14.3. The van der Waals surface area contributed by atoms with E-state index in [1.54, 1.807) is 7.11 Å². The van der Waals surface area contributed by atoms with Gasteiger partial charge in [-0.3, -0.25) is 0 Å². The molecule has 1 aliphatic heterocycles. The molecule has 1 heterocycles. The molecule has 30 heavy (non-hydrogen) atoms. The molecule has 0 spiro atoms. The summed E-state index contributed by atoms with van der Waals surface area (Å²) in [4.78, 5) is 0. The van der Waals surface area contributed by atoms with Gasteiger partial charge in [0.1, 0.15) is 19.7 Å². The Kier molecular flexibility index (Phi) is 10.3. The first-order valence-corrected chi connectivity index (χ1v) is 10.5. The van der Waals surface area contributed by atoms with Crippen LogP contribution in [0.15, 0.2) is 30.3 Å². The highest BCUT2D eigenvalue weighted by atomic mass is 16.7. The summed E-state index contributed by atoms with van der Waals surface area (Å²) >= 11 is 0. The monoisotopic (exact) mass is 420 g/mol. The third-order valence-electron chi connectivity index (χ3n) is 4.76. The van der Waals surface area contributed by atoms with Crippen molar-refractivity contribution in [1.82, 2.24) is 0 Å². The van der Waals surface area contributed by atoms with E-state index in [1.807, 2.05) is 58.0 Å². The summed E-state index contributed by atoms with van der Waals surface area (Å²) in [6.07, 6.45) is 1.97. The largest absolute Gasteiger partial charge is 0.359 e. The van der Waals surface area contributed by atoms with Crippen LogP contribution in [0.25, 0.3) is 0 Å². The second-order valence-electron chi connectivity index (χ2n) is 8.28. The molecule has 0 saturated carbocycles. The van der Waals surface area contributed by atoms with E-state index in [9.17, 15) is 0 Å². The van der Waals surface area contributed by atoms with Gasteiger partial charge in [0.25, 0.3) is 0 Å². The van der Waals surface area contributed by atoms with Gasteiger partial charge in [0.2, 0.25) is 0 Å². The minimum Gasteiger partial charge on any atom is -0.359 e. The Morgan fingerprint density at radius 3 is 2.60 bits per heavy atom. The zero-order chi connectivity index (χ0) is 21.9. The molecule has 1 fully saturated rings. The van der Waals surface area contributed by atoms with Gasteiger partial charge in [-0.05, 0) is 33.3 Å². The van der Waals surface area contributed by atoms with Crippen LogP contribution in [-0.2, 0) is 35.0 Å². The van der Waals surface area contributed by atoms with Crippen LogP contribution in [0, 0.1) is 11.8 Å². The second kappa shape index (κ2) is 12.4. The lowest BCUT2D eigenvalue weighted by atomic mass is 9.98. The molecule has 0 unspecified atom stereocenters. The van der Waals surface area contributed by atoms with Gasteiger partial charge in [0.15, 0.2) is 5.79 Å². The van der Waals surface area contributed by atoms with Crippen LogP contribution in [0.1, 0.15) is 52.5 Å². The topological polar surface area (TPSA) is 55.4 Å². The fourth-order valence-corrected chi connectivity index (χ4v) is 3.25. The van der Waals surface area contributed by atoms with Crippen LogP contribution in [0.3, 0.4) is 0 Å². The summed E-state index contributed by atoms with van der Waals surface area (Å²) in [5.41, 5.74) is 0.645. The summed E-state index contributed by atoms with van der Waals surface area (Å²) in [6.45, 7) is 9.39. The maximum Gasteiger partial charge on any atom is 0.164 e. The summed E-state index contributed by atoms with van der Waals surface area (Å²) in [5, 5.41) is 0. The smallest absolute Gasteiger partial charge is 0.164 e. The van der Waals surface area contributed by atoms with E-state index in [2.05, 4.69) is 11.8 Å². The Morgan fingerprint density at radius 2 is 1.90 bits per heavy atom. The van der Waals surface area contributed by atoms with E-state index < -0.39 is 11.4 Å². The molecule has 168 valence electrons. The second-order valence-corrected chi connectivity index (χ2v) is 8.28. The molecule has 1 aromatic rings. The van der Waals surface area contributed by atoms with Gasteiger partial charge in [-0.2, -0.15) is 0 Å². The molecule has 0 N–H and O–H groups in total. The van der Waals surface area contributed by atoms with Crippen molar-refractivity contribution in [3.05, 3.63) is 35.9 Å². The van der Waals surface area contributed by atoms with Gasteiger partial charge >= 0.3 is 0 Å². The zero-order valence-corrected chi connectivity index (χ0v) is 18.9. The van der Waals surface area contributed by atoms with Crippen molar-refractivity contribution in [3.63, 3.8) is 0 Å². The highest BCUT2D eigenvalue weighted by Crippen LogP contribution is 2.26. The number of benzene rings is 1. The molecule has 2 rings (SSSR count). The van der Waals surface area contributed by atoms with Crippen molar-refractivity contribution in [2.24, 2.45) is 0 Å². The molecular formula is C24H36O6. The molecule has 6 nitrogen and oxygen atoms in total. The van der Waals surface area contributed by atoms with Crippen LogP contribution in [0.2, 0.25) is 0 Å². The van der Waals surface area contributed by atoms with E-state index in [0.717, 1.165) is 12.0 Å². The zero-order valence-electron chi connectivity index (χ0n) is 18.9. The average molecular weight is 421 g/mol. The van der Waals surface area contributed by atoms with Crippen molar-refractivity contribution < 1.29 is 28.4 Å². The van der Waals surface area contributed by atoms with Crippen molar-refractivity contribution in [1.29, 1.82) is 0 Å². The van der Waals surface area contributed by atoms with E-state index in [1.165, 1.54) is 0 Å². The maximum atomic E-state index is 5.90. The Labute approximate surface area is 181 Å². The fourth-order valence-electron chi connectivity index (χ4n) is 3.25. The Morgan fingerprint density at radius 1 is 1.13 bits per heavy atom. The summed E-state index contributed by atoms with van der Waals surface area (Å²) in [6, 6.07) is 10.0. The molecule has 1 aliphatic rings. The van der Waals surface area contributed by atoms with Gasteiger partial charge in [0.05, 0.1) is 24.9 Å². The summed E-state index contributed by atoms with van der Waals surface area (Å²) in [7, 11) is 1.61. The molecule has 0 radical (unpaired) electrons. The highest BCUT2D eigenvalue weighted by molar-refractivity contribution is 5.13. The molecule has 1 aromatic carbocycles. The molecule has 3 atom stereocenters. The van der Waals surface area contributed by atoms with Crippen molar-refractivity contribution in [2.75, 3.05) is 27.3 Å². The predicted molar refractivity (Wildman–Crippen MR) is 115 cm³/mol. The van der Waals surface area contributed by atoms with E-state index in [-0.39, 0.29) is 25.8 Å². The minimum absolute atomic E-state index is 0.119. The van der Waals surface area contributed by atoms with Gasteiger partial charge in [-0.15, -0.1) is 0 Å². The van der Waals surface area contributed by atoms with E-state index in [4.69, 9.17) is 28.4 Å². The van der Waals surface area contributed by atoms with Crippen LogP contribution in [-0.4, -0.2) is 50.9 Å². The molecule has 0 aliphatic carbocycles. The van der Waals surface area contributed by atoms with Crippen molar-refractivity contribution >= 4 is 0 Å². The van der Waals surface area contributed by atoms with E-state index in [0.29, 0.717) is 26.1 Å². The highest BCUT2D eigenvalue weighted by Gasteiger charge is 2.32. The van der Waals surface area contributed by atoms with Gasteiger partial charge in [0, 0.05) is 26.4 Å². The molecule has 6 heteroatoms. The molecule has 0 aromatic heterocycles. The Bertz CT molecular complexity index is 665. The number of hydrogen-bond acceptors (Lipinski definition) is 6. The molecule has 1 saturated heterocycles. The SMILES string of the molecule is COCO[C@@](C)(CC#C[C@@H]1C[C@@H](C)OC(C)(C)O1)CCOCOCc1ccccc1. The average Bonchev–Trinajstić information content (AvgIpc) is 2.68. The van der Waals surface area contributed by atoms with Gasteiger partial charge in [-0.25, -0.2) is 0 Å². The Balaban J connectivity index is 1.76. The maximum absolute atomic E-state index is 5.90.